The van der Waals surface area contributed by atoms with E-state index in [9.17, 15) is 13.2 Å². The molecule has 3 aromatic rings. The van der Waals surface area contributed by atoms with Gasteiger partial charge in [-0.05, 0) is 45.0 Å². The summed E-state index contributed by atoms with van der Waals surface area (Å²) in [6, 6.07) is 15.6. The fraction of sp³-hybridized carbons (Fsp3) is 0.200. The average molecular weight is 383 g/mol. The molecule has 2 aromatic carbocycles. The first-order valence-electron chi connectivity index (χ1n) is 8.51. The lowest BCUT2D eigenvalue weighted by molar-refractivity contribution is 0.101. The van der Waals surface area contributed by atoms with Gasteiger partial charge in [-0.15, -0.1) is 0 Å². The number of Topliss-reactive ketones (excluding diaryl/α,β-unsaturated/α-hetero) is 1. The Kier molecular flexibility index (Phi) is 5.25. The molecule has 0 amide bonds. The van der Waals surface area contributed by atoms with Gasteiger partial charge in [0, 0.05) is 23.4 Å². The molecule has 0 saturated carbocycles. The fourth-order valence-electron chi connectivity index (χ4n) is 2.87. The summed E-state index contributed by atoms with van der Waals surface area (Å²) in [5.74, 6) is -0.105. The van der Waals surface area contributed by atoms with Gasteiger partial charge in [0.25, 0.3) is 0 Å². The standard InChI is InChI=1S/C20H21N3O3S/c1-14-20(15(2)23(22-14)18-7-5-4-6-8-18)13-21-27(25,26)19-11-9-17(10-12-19)16(3)24/h4-12,21H,13H2,1-3H3. The van der Waals surface area contributed by atoms with Crippen LogP contribution in [0.1, 0.15) is 34.2 Å². The SMILES string of the molecule is CC(=O)c1ccc(S(=O)(=O)NCc2c(C)nn(-c3ccccc3)c2C)cc1. The molecule has 1 heterocycles. The molecular weight excluding hydrogens is 362 g/mol. The minimum Gasteiger partial charge on any atom is -0.295 e. The number of ketones is 1. The highest BCUT2D eigenvalue weighted by Gasteiger charge is 2.18. The Bertz CT molecular complexity index is 1070. The van der Waals surface area contributed by atoms with E-state index < -0.39 is 10.0 Å². The summed E-state index contributed by atoms with van der Waals surface area (Å²) in [6.45, 7) is 5.36. The van der Waals surface area contributed by atoms with E-state index in [0.717, 1.165) is 22.6 Å². The Hall–Kier alpha value is -2.77. The normalized spacial score (nSPS) is 11.5. The first kappa shape index (κ1) is 19.0. The van der Waals surface area contributed by atoms with Crippen LogP contribution in [0.5, 0.6) is 0 Å². The number of para-hydroxylation sites is 1. The molecule has 0 bridgehead atoms. The lowest BCUT2D eigenvalue weighted by Crippen LogP contribution is -2.24. The molecule has 0 aliphatic rings. The summed E-state index contributed by atoms with van der Waals surface area (Å²) in [6.07, 6.45) is 0. The van der Waals surface area contributed by atoms with Crippen LogP contribution >= 0.6 is 0 Å². The van der Waals surface area contributed by atoms with E-state index in [1.807, 2.05) is 44.2 Å². The predicted molar refractivity (Wildman–Crippen MR) is 104 cm³/mol. The number of hydrogen-bond acceptors (Lipinski definition) is 4. The summed E-state index contributed by atoms with van der Waals surface area (Å²) in [7, 11) is -3.69. The van der Waals surface area contributed by atoms with Gasteiger partial charge in [0.2, 0.25) is 10.0 Å². The molecule has 0 atom stereocenters. The van der Waals surface area contributed by atoms with E-state index in [-0.39, 0.29) is 17.2 Å². The predicted octanol–water partition coefficient (Wildman–Crippen LogP) is 3.17. The third-order valence-corrected chi connectivity index (χ3v) is 5.87. The van der Waals surface area contributed by atoms with Crippen LogP contribution in [0.2, 0.25) is 0 Å². The number of aryl methyl sites for hydroxylation is 1. The molecule has 1 aromatic heterocycles. The number of rotatable bonds is 6. The molecule has 0 saturated heterocycles. The van der Waals surface area contributed by atoms with Crippen molar-refractivity contribution < 1.29 is 13.2 Å². The maximum atomic E-state index is 12.6. The van der Waals surface area contributed by atoms with Gasteiger partial charge in [-0.3, -0.25) is 4.79 Å². The van der Waals surface area contributed by atoms with Gasteiger partial charge in [0.15, 0.2) is 5.78 Å². The Morgan fingerprint density at radius 2 is 1.67 bits per heavy atom. The van der Waals surface area contributed by atoms with Crippen molar-refractivity contribution in [2.45, 2.75) is 32.2 Å². The molecule has 0 spiro atoms. The average Bonchev–Trinajstić information content (AvgIpc) is 2.95. The van der Waals surface area contributed by atoms with Crippen molar-refractivity contribution in [2.24, 2.45) is 0 Å². The second-order valence-electron chi connectivity index (χ2n) is 6.30. The molecule has 0 unspecified atom stereocenters. The zero-order chi connectivity index (χ0) is 19.6. The van der Waals surface area contributed by atoms with E-state index in [2.05, 4.69) is 9.82 Å². The quantitative estimate of drug-likeness (QED) is 0.663. The highest BCUT2D eigenvalue weighted by atomic mass is 32.2. The second-order valence-corrected chi connectivity index (χ2v) is 8.07. The molecule has 6 nitrogen and oxygen atoms in total. The lowest BCUT2D eigenvalue weighted by atomic mass is 10.2. The van der Waals surface area contributed by atoms with Crippen molar-refractivity contribution in [3.8, 4) is 5.69 Å². The second kappa shape index (κ2) is 7.46. The number of hydrogen-bond donors (Lipinski definition) is 1. The zero-order valence-corrected chi connectivity index (χ0v) is 16.2. The van der Waals surface area contributed by atoms with E-state index in [1.54, 1.807) is 4.68 Å². The molecule has 3 rings (SSSR count). The summed E-state index contributed by atoms with van der Waals surface area (Å²) in [5, 5.41) is 4.53. The van der Waals surface area contributed by atoms with Crippen LogP contribution in [0, 0.1) is 13.8 Å². The van der Waals surface area contributed by atoms with Crippen molar-refractivity contribution in [1.29, 1.82) is 0 Å². The monoisotopic (exact) mass is 383 g/mol. The first-order chi connectivity index (χ1) is 12.8. The molecular formula is C20H21N3O3S. The van der Waals surface area contributed by atoms with Crippen molar-refractivity contribution in [3.63, 3.8) is 0 Å². The molecule has 140 valence electrons. The molecule has 0 radical (unpaired) electrons. The maximum absolute atomic E-state index is 12.6. The third kappa shape index (κ3) is 3.99. The molecule has 0 fully saturated rings. The minimum atomic E-state index is -3.69. The highest BCUT2D eigenvalue weighted by molar-refractivity contribution is 7.89. The maximum Gasteiger partial charge on any atom is 0.240 e. The third-order valence-electron chi connectivity index (χ3n) is 4.45. The van der Waals surface area contributed by atoms with E-state index in [4.69, 9.17) is 0 Å². The molecule has 1 N–H and O–H groups in total. The summed E-state index contributed by atoms with van der Waals surface area (Å²) >= 11 is 0. The lowest BCUT2D eigenvalue weighted by Gasteiger charge is -2.08. The van der Waals surface area contributed by atoms with Crippen molar-refractivity contribution >= 4 is 15.8 Å². The number of carbonyl (C=O) groups excluding carboxylic acids is 1. The van der Waals surface area contributed by atoms with Crippen molar-refractivity contribution in [3.05, 3.63) is 77.1 Å². The largest absolute Gasteiger partial charge is 0.295 e. The van der Waals surface area contributed by atoms with E-state index in [0.29, 0.717) is 5.56 Å². The first-order valence-corrected chi connectivity index (χ1v) is 9.99. The summed E-state index contributed by atoms with van der Waals surface area (Å²) in [4.78, 5) is 11.5. The Balaban J connectivity index is 1.82. The minimum absolute atomic E-state index is 0.105. The summed E-state index contributed by atoms with van der Waals surface area (Å²) < 4.78 is 29.6. The highest BCUT2D eigenvalue weighted by Crippen LogP contribution is 2.19. The number of benzene rings is 2. The Morgan fingerprint density at radius 3 is 2.26 bits per heavy atom. The van der Waals surface area contributed by atoms with Crippen LogP contribution < -0.4 is 4.72 Å². The van der Waals surface area contributed by atoms with Crippen LogP contribution in [0.25, 0.3) is 5.69 Å². The fourth-order valence-corrected chi connectivity index (χ4v) is 3.87. The molecule has 0 aliphatic heterocycles. The van der Waals surface area contributed by atoms with Gasteiger partial charge >= 0.3 is 0 Å². The van der Waals surface area contributed by atoms with E-state index >= 15 is 0 Å². The number of nitrogens with one attached hydrogen (secondary N) is 1. The zero-order valence-electron chi connectivity index (χ0n) is 15.4. The van der Waals surface area contributed by atoms with Gasteiger partial charge in [-0.1, -0.05) is 30.3 Å². The molecule has 27 heavy (non-hydrogen) atoms. The number of nitrogens with zero attached hydrogens (tertiary/aromatic N) is 2. The van der Waals surface area contributed by atoms with E-state index in [1.165, 1.54) is 31.2 Å². The molecule has 0 aliphatic carbocycles. The van der Waals surface area contributed by atoms with Gasteiger partial charge in [-0.25, -0.2) is 17.8 Å². The van der Waals surface area contributed by atoms with Crippen molar-refractivity contribution in [1.82, 2.24) is 14.5 Å². The van der Waals surface area contributed by atoms with Crippen LogP contribution in [-0.4, -0.2) is 24.0 Å². The van der Waals surface area contributed by atoms with Gasteiger partial charge < -0.3 is 0 Å². The number of carbonyl (C=O) groups is 1. The van der Waals surface area contributed by atoms with Crippen LogP contribution in [0.3, 0.4) is 0 Å². The molecule has 7 heteroatoms. The van der Waals surface area contributed by atoms with Crippen LogP contribution in [0.4, 0.5) is 0 Å². The van der Waals surface area contributed by atoms with Crippen LogP contribution in [-0.2, 0) is 16.6 Å². The Labute approximate surface area is 158 Å². The number of sulfonamides is 1. The van der Waals surface area contributed by atoms with Gasteiger partial charge in [0.1, 0.15) is 0 Å². The topological polar surface area (TPSA) is 81.1 Å². The van der Waals surface area contributed by atoms with Gasteiger partial charge in [-0.2, -0.15) is 5.10 Å². The summed E-state index contributed by atoms with van der Waals surface area (Å²) in [5.41, 5.74) is 3.89. The Morgan fingerprint density at radius 1 is 1.04 bits per heavy atom. The van der Waals surface area contributed by atoms with Gasteiger partial charge in [0.05, 0.1) is 16.3 Å². The van der Waals surface area contributed by atoms with Crippen LogP contribution in [0.15, 0.2) is 59.5 Å². The smallest absolute Gasteiger partial charge is 0.240 e. The van der Waals surface area contributed by atoms with Crippen molar-refractivity contribution in [2.75, 3.05) is 0 Å². The number of aromatic nitrogens is 2.